The van der Waals surface area contributed by atoms with E-state index in [2.05, 4.69) is 15.3 Å². The van der Waals surface area contributed by atoms with Gasteiger partial charge in [-0.25, -0.2) is 4.98 Å². The Morgan fingerprint density at radius 3 is 2.83 bits per heavy atom. The summed E-state index contributed by atoms with van der Waals surface area (Å²) in [7, 11) is 0. The van der Waals surface area contributed by atoms with E-state index >= 15 is 0 Å². The van der Waals surface area contributed by atoms with Gasteiger partial charge < -0.3 is 5.32 Å². The third-order valence-electron chi connectivity index (χ3n) is 2.53. The van der Waals surface area contributed by atoms with Crippen molar-refractivity contribution in [2.75, 3.05) is 5.32 Å². The lowest BCUT2D eigenvalue weighted by Gasteiger charge is -2.04. The van der Waals surface area contributed by atoms with Gasteiger partial charge in [0.05, 0.1) is 15.7 Å². The Balaban J connectivity index is 1.86. The summed E-state index contributed by atoms with van der Waals surface area (Å²) in [4.78, 5) is 20.0. The van der Waals surface area contributed by atoms with Gasteiger partial charge in [0.25, 0.3) is 5.91 Å². The van der Waals surface area contributed by atoms with Crippen molar-refractivity contribution in [2.45, 2.75) is 0 Å². The number of amides is 1. The van der Waals surface area contributed by atoms with E-state index in [9.17, 15) is 4.79 Å². The Hall–Kier alpha value is -2.27. The Kier molecular flexibility index (Phi) is 2.74. The van der Waals surface area contributed by atoms with Crippen molar-refractivity contribution in [1.29, 1.82) is 0 Å². The van der Waals surface area contributed by atoms with E-state index in [0.717, 1.165) is 15.9 Å². The van der Waals surface area contributed by atoms with E-state index in [0.29, 0.717) is 5.56 Å². The van der Waals surface area contributed by atoms with Crippen LogP contribution in [0.1, 0.15) is 10.4 Å². The Bertz CT molecular complexity index is 694. The highest BCUT2D eigenvalue weighted by Crippen LogP contribution is 2.22. The van der Waals surface area contributed by atoms with Gasteiger partial charge in [-0.3, -0.25) is 9.78 Å². The number of nitrogens with zero attached hydrogens (tertiary/aromatic N) is 2. The number of fused-ring (bicyclic) bond motifs is 1. The topological polar surface area (TPSA) is 54.9 Å². The molecule has 3 rings (SSSR count). The van der Waals surface area contributed by atoms with Crippen molar-refractivity contribution in [1.82, 2.24) is 9.97 Å². The fourth-order valence-electron chi connectivity index (χ4n) is 1.64. The zero-order valence-electron chi connectivity index (χ0n) is 9.33. The highest BCUT2D eigenvalue weighted by molar-refractivity contribution is 7.16. The number of hydrogen-bond donors (Lipinski definition) is 1. The van der Waals surface area contributed by atoms with Crippen molar-refractivity contribution in [3.8, 4) is 0 Å². The van der Waals surface area contributed by atoms with Crippen LogP contribution >= 0.6 is 11.3 Å². The van der Waals surface area contributed by atoms with Crippen LogP contribution in [0.3, 0.4) is 0 Å². The molecular weight excluding hydrogens is 246 g/mol. The van der Waals surface area contributed by atoms with Gasteiger partial charge in [0.1, 0.15) is 0 Å². The standard InChI is InChI=1S/C13H9N3OS/c17-13(9-3-5-14-6-4-9)16-10-1-2-11-12(7-10)18-8-15-11/h1-8H,(H,16,17). The predicted octanol–water partition coefficient (Wildman–Crippen LogP) is 2.94. The van der Waals surface area contributed by atoms with Gasteiger partial charge in [0.15, 0.2) is 0 Å². The van der Waals surface area contributed by atoms with Gasteiger partial charge in [-0.2, -0.15) is 0 Å². The predicted molar refractivity (Wildman–Crippen MR) is 71.8 cm³/mol. The minimum Gasteiger partial charge on any atom is -0.322 e. The number of aromatic nitrogens is 2. The maximum atomic E-state index is 11.9. The molecule has 4 nitrogen and oxygen atoms in total. The summed E-state index contributed by atoms with van der Waals surface area (Å²) in [6, 6.07) is 9.03. The van der Waals surface area contributed by atoms with Crippen LogP contribution in [0.5, 0.6) is 0 Å². The second-order valence-corrected chi connectivity index (χ2v) is 4.61. The van der Waals surface area contributed by atoms with Crippen LogP contribution in [0.4, 0.5) is 5.69 Å². The number of carbonyl (C=O) groups is 1. The highest BCUT2D eigenvalue weighted by Gasteiger charge is 2.06. The molecule has 18 heavy (non-hydrogen) atoms. The molecule has 0 aliphatic rings. The molecule has 0 saturated heterocycles. The maximum absolute atomic E-state index is 11.9. The highest BCUT2D eigenvalue weighted by atomic mass is 32.1. The number of benzene rings is 1. The zero-order chi connectivity index (χ0) is 12.4. The molecule has 0 aliphatic heterocycles. The van der Waals surface area contributed by atoms with E-state index in [-0.39, 0.29) is 5.91 Å². The molecule has 5 heteroatoms. The fraction of sp³-hybridized carbons (Fsp3) is 0. The van der Waals surface area contributed by atoms with Crippen LogP contribution in [0.2, 0.25) is 0 Å². The lowest BCUT2D eigenvalue weighted by atomic mass is 10.2. The third-order valence-corrected chi connectivity index (χ3v) is 3.32. The first-order valence-electron chi connectivity index (χ1n) is 5.37. The van der Waals surface area contributed by atoms with Gasteiger partial charge in [0, 0.05) is 23.6 Å². The average Bonchev–Trinajstić information content (AvgIpc) is 2.87. The summed E-state index contributed by atoms with van der Waals surface area (Å²) < 4.78 is 1.06. The number of thiazole rings is 1. The van der Waals surface area contributed by atoms with E-state index in [4.69, 9.17) is 0 Å². The molecule has 0 bridgehead atoms. The number of hydrogen-bond acceptors (Lipinski definition) is 4. The van der Waals surface area contributed by atoms with E-state index in [1.165, 1.54) is 0 Å². The maximum Gasteiger partial charge on any atom is 0.255 e. The zero-order valence-corrected chi connectivity index (χ0v) is 10.1. The Morgan fingerprint density at radius 1 is 1.17 bits per heavy atom. The van der Waals surface area contributed by atoms with Gasteiger partial charge in [-0.05, 0) is 30.3 Å². The monoisotopic (exact) mass is 255 g/mol. The first-order valence-corrected chi connectivity index (χ1v) is 6.25. The van der Waals surface area contributed by atoms with E-state index in [1.54, 1.807) is 41.4 Å². The second kappa shape index (κ2) is 4.54. The molecular formula is C13H9N3OS. The third kappa shape index (κ3) is 2.08. The van der Waals surface area contributed by atoms with E-state index < -0.39 is 0 Å². The van der Waals surface area contributed by atoms with Crippen molar-refractivity contribution >= 4 is 33.1 Å². The number of pyridine rings is 1. The van der Waals surface area contributed by atoms with Crippen LogP contribution in [-0.4, -0.2) is 15.9 Å². The van der Waals surface area contributed by atoms with Crippen molar-refractivity contribution in [3.63, 3.8) is 0 Å². The SMILES string of the molecule is O=C(Nc1ccc2ncsc2c1)c1ccncc1. The fourth-order valence-corrected chi connectivity index (χ4v) is 2.36. The van der Waals surface area contributed by atoms with Crippen LogP contribution in [0.15, 0.2) is 48.2 Å². The van der Waals surface area contributed by atoms with Crippen LogP contribution in [0, 0.1) is 0 Å². The summed E-state index contributed by atoms with van der Waals surface area (Å²) in [5, 5.41) is 2.85. The minimum atomic E-state index is -0.138. The lowest BCUT2D eigenvalue weighted by molar-refractivity contribution is 0.102. The summed E-state index contributed by atoms with van der Waals surface area (Å²) >= 11 is 1.55. The second-order valence-electron chi connectivity index (χ2n) is 3.72. The van der Waals surface area contributed by atoms with Gasteiger partial charge in [0.2, 0.25) is 0 Å². The smallest absolute Gasteiger partial charge is 0.255 e. The Labute approximate surface area is 107 Å². The van der Waals surface area contributed by atoms with Crippen molar-refractivity contribution in [2.24, 2.45) is 0 Å². The lowest BCUT2D eigenvalue weighted by Crippen LogP contribution is -2.11. The average molecular weight is 255 g/mol. The Morgan fingerprint density at radius 2 is 2.00 bits per heavy atom. The molecule has 0 aliphatic carbocycles. The summed E-state index contributed by atoms with van der Waals surface area (Å²) in [5.74, 6) is -0.138. The minimum absolute atomic E-state index is 0.138. The van der Waals surface area contributed by atoms with Crippen LogP contribution in [0.25, 0.3) is 10.2 Å². The van der Waals surface area contributed by atoms with E-state index in [1.807, 2.05) is 18.2 Å². The molecule has 1 N–H and O–H groups in total. The summed E-state index contributed by atoms with van der Waals surface area (Å²) in [5.41, 5.74) is 4.10. The molecule has 0 fully saturated rings. The van der Waals surface area contributed by atoms with Gasteiger partial charge in [-0.15, -0.1) is 11.3 Å². The number of anilines is 1. The normalized spacial score (nSPS) is 10.4. The van der Waals surface area contributed by atoms with Crippen LogP contribution < -0.4 is 5.32 Å². The first kappa shape index (κ1) is 10.9. The van der Waals surface area contributed by atoms with Gasteiger partial charge in [-0.1, -0.05) is 0 Å². The molecule has 0 radical (unpaired) electrons. The number of rotatable bonds is 2. The molecule has 0 spiro atoms. The van der Waals surface area contributed by atoms with Crippen molar-refractivity contribution in [3.05, 3.63) is 53.8 Å². The molecule has 1 amide bonds. The molecule has 0 atom stereocenters. The molecule has 2 heterocycles. The molecule has 3 aromatic rings. The quantitative estimate of drug-likeness (QED) is 0.766. The van der Waals surface area contributed by atoms with Crippen molar-refractivity contribution < 1.29 is 4.79 Å². The molecule has 1 aromatic carbocycles. The summed E-state index contributed by atoms with van der Waals surface area (Å²) in [6.45, 7) is 0. The van der Waals surface area contributed by atoms with Crippen LogP contribution in [-0.2, 0) is 0 Å². The molecule has 0 unspecified atom stereocenters. The van der Waals surface area contributed by atoms with Gasteiger partial charge >= 0.3 is 0 Å². The molecule has 88 valence electrons. The first-order chi connectivity index (χ1) is 8.83. The number of nitrogens with one attached hydrogen (secondary N) is 1. The summed E-state index contributed by atoms with van der Waals surface area (Å²) in [6.07, 6.45) is 3.20. The number of carbonyl (C=O) groups excluding carboxylic acids is 1. The molecule has 2 aromatic heterocycles. The largest absolute Gasteiger partial charge is 0.322 e. The molecule has 0 saturated carbocycles.